The van der Waals surface area contributed by atoms with Crippen LogP contribution in [0.25, 0.3) is 0 Å². The molecule has 0 bridgehead atoms. The SMILES string of the molecule is COc1cc(C)ccc1Oc1nn(C)cc1[N+](=O)[O-]. The molecule has 0 aliphatic heterocycles. The van der Waals surface area contributed by atoms with Crippen LogP contribution in [0.1, 0.15) is 5.56 Å². The summed E-state index contributed by atoms with van der Waals surface area (Å²) in [6.45, 7) is 1.91. The molecule has 0 saturated heterocycles. The number of benzene rings is 1. The Bertz CT molecular complexity index is 621. The third-order valence-electron chi connectivity index (χ3n) is 2.50. The van der Waals surface area contributed by atoms with E-state index in [-0.39, 0.29) is 11.6 Å². The van der Waals surface area contributed by atoms with Gasteiger partial charge in [-0.2, -0.15) is 0 Å². The highest BCUT2D eigenvalue weighted by atomic mass is 16.6. The zero-order valence-corrected chi connectivity index (χ0v) is 10.8. The summed E-state index contributed by atoms with van der Waals surface area (Å²) in [5.74, 6) is 0.824. The van der Waals surface area contributed by atoms with E-state index >= 15 is 0 Å². The molecule has 7 nitrogen and oxygen atoms in total. The van der Waals surface area contributed by atoms with Gasteiger partial charge < -0.3 is 9.47 Å². The molecule has 1 aromatic heterocycles. The van der Waals surface area contributed by atoms with Crippen LogP contribution in [0.3, 0.4) is 0 Å². The molecular formula is C12H13N3O4. The van der Waals surface area contributed by atoms with Gasteiger partial charge in [-0.3, -0.25) is 14.8 Å². The predicted molar refractivity (Wildman–Crippen MR) is 67.7 cm³/mol. The molecule has 19 heavy (non-hydrogen) atoms. The summed E-state index contributed by atoms with van der Waals surface area (Å²) in [7, 11) is 3.10. The van der Waals surface area contributed by atoms with Gasteiger partial charge in [0, 0.05) is 7.05 Å². The normalized spacial score (nSPS) is 10.3. The zero-order chi connectivity index (χ0) is 14.0. The molecule has 0 unspecified atom stereocenters. The van der Waals surface area contributed by atoms with Gasteiger partial charge in [0.2, 0.25) is 0 Å². The van der Waals surface area contributed by atoms with Crippen LogP contribution in [0.5, 0.6) is 17.4 Å². The van der Waals surface area contributed by atoms with Gasteiger partial charge in [-0.05, 0) is 24.6 Å². The molecule has 0 amide bonds. The van der Waals surface area contributed by atoms with Gasteiger partial charge >= 0.3 is 11.6 Å². The van der Waals surface area contributed by atoms with E-state index in [0.717, 1.165) is 5.56 Å². The summed E-state index contributed by atoms with van der Waals surface area (Å²) in [4.78, 5) is 10.3. The Kier molecular flexibility index (Phi) is 3.37. The summed E-state index contributed by atoms with van der Waals surface area (Å²) in [6, 6.07) is 5.29. The topological polar surface area (TPSA) is 79.4 Å². The quantitative estimate of drug-likeness (QED) is 0.625. The van der Waals surface area contributed by atoms with Crippen molar-refractivity contribution in [3.05, 3.63) is 40.1 Å². The molecular weight excluding hydrogens is 250 g/mol. The summed E-state index contributed by atoms with van der Waals surface area (Å²) >= 11 is 0. The summed E-state index contributed by atoms with van der Waals surface area (Å²) in [6.07, 6.45) is 1.29. The van der Waals surface area contributed by atoms with Crippen molar-refractivity contribution in [2.75, 3.05) is 7.11 Å². The predicted octanol–water partition coefficient (Wildman–Crippen LogP) is 2.44. The van der Waals surface area contributed by atoms with E-state index in [1.165, 1.54) is 18.0 Å². The summed E-state index contributed by atoms with van der Waals surface area (Å²) in [5.41, 5.74) is 0.810. The molecule has 2 aromatic rings. The largest absolute Gasteiger partial charge is 0.493 e. The van der Waals surface area contributed by atoms with E-state index in [9.17, 15) is 10.1 Å². The van der Waals surface area contributed by atoms with Crippen LogP contribution < -0.4 is 9.47 Å². The minimum atomic E-state index is -0.539. The van der Waals surface area contributed by atoms with E-state index in [1.807, 2.05) is 13.0 Å². The minimum Gasteiger partial charge on any atom is -0.493 e. The number of rotatable bonds is 4. The number of nitro groups is 1. The van der Waals surface area contributed by atoms with Crippen molar-refractivity contribution in [2.24, 2.45) is 7.05 Å². The van der Waals surface area contributed by atoms with Crippen molar-refractivity contribution in [1.82, 2.24) is 9.78 Å². The Morgan fingerprint density at radius 3 is 2.74 bits per heavy atom. The Morgan fingerprint density at radius 2 is 2.11 bits per heavy atom. The van der Waals surface area contributed by atoms with Crippen LogP contribution in [0.4, 0.5) is 5.69 Å². The average molecular weight is 263 g/mol. The lowest BCUT2D eigenvalue weighted by Crippen LogP contribution is -1.94. The number of aryl methyl sites for hydroxylation is 2. The smallest absolute Gasteiger partial charge is 0.350 e. The van der Waals surface area contributed by atoms with Crippen molar-refractivity contribution >= 4 is 5.69 Å². The molecule has 1 heterocycles. The van der Waals surface area contributed by atoms with Gasteiger partial charge in [0.15, 0.2) is 11.5 Å². The van der Waals surface area contributed by atoms with Gasteiger partial charge in [-0.1, -0.05) is 6.07 Å². The Labute approximate surface area is 109 Å². The zero-order valence-electron chi connectivity index (χ0n) is 10.8. The van der Waals surface area contributed by atoms with Crippen LogP contribution in [0.2, 0.25) is 0 Å². The first-order valence-electron chi connectivity index (χ1n) is 5.52. The highest BCUT2D eigenvalue weighted by Gasteiger charge is 2.21. The number of nitrogens with zero attached hydrogens (tertiary/aromatic N) is 3. The van der Waals surface area contributed by atoms with Gasteiger partial charge in [0.05, 0.1) is 12.0 Å². The summed E-state index contributed by atoms with van der Waals surface area (Å²) in [5, 5.41) is 14.8. The second-order valence-electron chi connectivity index (χ2n) is 4.01. The van der Waals surface area contributed by atoms with Crippen LogP contribution in [-0.2, 0) is 7.05 Å². The Balaban J connectivity index is 2.38. The molecule has 0 spiro atoms. The first kappa shape index (κ1) is 12.9. The fraction of sp³-hybridized carbons (Fsp3) is 0.250. The third kappa shape index (κ3) is 2.65. The molecule has 0 atom stereocenters. The van der Waals surface area contributed by atoms with Crippen molar-refractivity contribution in [2.45, 2.75) is 6.92 Å². The van der Waals surface area contributed by atoms with E-state index in [0.29, 0.717) is 11.5 Å². The molecule has 100 valence electrons. The molecule has 0 radical (unpaired) electrons. The van der Waals surface area contributed by atoms with E-state index in [4.69, 9.17) is 9.47 Å². The van der Waals surface area contributed by atoms with Crippen molar-refractivity contribution < 1.29 is 14.4 Å². The minimum absolute atomic E-state index is 0.0605. The third-order valence-corrected chi connectivity index (χ3v) is 2.50. The van der Waals surface area contributed by atoms with Crippen molar-refractivity contribution in [1.29, 1.82) is 0 Å². The second-order valence-corrected chi connectivity index (χ2v) is 4.01. The monoisotopic (exact) mass is 263 g/mol. The number of ether oxygens (including phenoxy) is 2. The Morgan fingerprint density at radius 1 is 1.37 bits per heavy atom. The maximum atomic E-state index is 10.9. The molecule has 0 aliphatic rings. The number of methoxy groups -OCH3 is 1. The maximum Gasteiger partial charge on any atom is 0.350 e. The van der Waals surface area contributed by atoms with Gasteiger partial charge in [0.25, 0.3) is 0 Å². The van der Waals surface area contributed by atoms with E-state index in [1.54, 1.807) is 19.2 Å². The molecule has 2 rings (SSSR count). The molecule has 0 aliphatic carbocycles. The van der Waals surface area contributed by atoms with Gasteiger partial charge in [-0.25, -0.2) is 0 Å². The van der Waals surface area contributed by atoms with Gasteiger partial charge in [-0.15, -0.1) is 5.10 Å². The van der Waals surface area contributed by atoms with Crippen molar-refractivity contribution in [3.8, 4) is 17.4 Å². The lowest BCUT2D eigenvalue weighted by atomic mass is 10.2. The van der Waals surface area contributed by atoms with E-state index < -0.39 is 4.92 Å². The fourth-order valence-electron chi connectivity index (χ4n) is 1.62. The highest BCUT2D eigenvalue weighted by Crippen LogP contribution is 2.35. The highest BCUT2D eigenvalue weighted by molar-refractivity contribution is 5.47. The lowest BCUT2D eigenvalue weighted by molar-refractivity contribution is -0.385. The number of aromatic nitrogens is 2. The molecule has 1 aromatic carbocycles. The molecule has 7 heteroatoms. The average Bonchev–Trinajstić information content (AvgIpc) is 2.72. The van der Waals surface area contributed by atoms with Crippen LogP contribution >= 0.6 is 0 Å². The number of hydrogen-bond donors (Lipinski definition) is 0. The van der Waals surface area contributed by atoms with E-state index in [2.05, 4.69) is 5.10 Å². The van der Waals surface area contributed by atoms with Crippen molar-refractivity contribution in [3.63, 3.8) is 0 Å². The second kappa shape index (κ2) is 4.97. The lowest BCUT2D eigenvalue weighted by Gasteiger charge is -2.08. The maximum absolute atomic E-state index is 10.9. The Hall–Kier alpha value is -2.57. The molecule has 0 N–H and O–H groups in total. The summed E-state index contributed by atoms with van der Waals surface area (Å²) < 4.78 is 12.0. The van der Waals surface area contributed by atoms with Crippen LogP contribution in [0, 0.1) is 17.0 Å². The van der Waals surface area contributed by atoms with Crippen LogP contribution in [-0.4, -0.2) is 21.8 Å². The molecule has 0 saturated carbocycles. The number of hydrogen-bond acceptors (Lipinski definition) is 5. The molecule has 0 fully saturated rings. The van der Waals surface area contributed by atoms with Crippen LogP contribution in [0.15, 0.2) is 24.4 Å². The first-order valence-corrected chi connectivity index (χ1v) is 5.52. The fourth-order valence-corrected chi connectivity index (χ4v) is 1.62. The standard InChI is InChI=1S/C12H13N3O4/c1-8-4-5-10(11(6-8)18-3)19-12-9(15(16)17)7-14(2)13-12/h4-7H,1-3H3. The first-order chi connectivity index (χ1) is 9.01. The van der Waals surface area contributed by atoms with Gasteiger partial charge in [0.1, 0.15) is 6.20 Å².